The van der Waals surface area contributed by atoms with Crippen LogP contribution < -0.4 is 5.73 Å². The van der Waals surface area contributed by atoms with Crippen molar-refractivity contribution in [2.45, 2.75) is 13.1 Å². The summed E-state index contributed by atoms with van der Waals surface area (Å²) < 4.78 is 2.14. The second kappa shape index (κ2) is 4.63. The molecule has 0 radical (unpaired) electrons. The normalized spacial score (nSPS) is 10.9. The van der Waals surface area contributed by atoms with Crippen molar-refractivity contribution in [2.75, 3.05) is 0 Å². The van der Waals surface area contributed by atoms with Crippen molar-refractivity contribution in [3.8, 4) is 0 Å². The minimum Gasteiger partial charge on any atom is -0.349 e. The maximum atomic E-state index is 5.62. The van der Waals surface area contributed by atoms with Gasteiger partial charge in [0.25, 0.3) is 0 Å². The van der Waals surface area contributed by atoms with Crippen molar-refractivity contribution in [2.24, 2.45) is 5.73 Å². The molecule has 0 unspecified atom stereocenters. The number of aromatic nitrogens is 2. The molecule has 0 saturated heterocycles. The number of benzene rings is 1. The average Bonchev–Trinajstić information content (AvgIpc) is 2.87. The minimum absolute atomic E-state index is 0.584. The van der Waals surface area contributed by atoms with Crippen molar-refractivity contribution in [1.29, 1.82) is 0 Å². The van der Waals surface area contributed by atoms with E-state index in [9.17, 15) is 0 Å². The predicted octanol–water partition coefficient (Wildman–Crippen LogP) is 2.54. The van der Waals surface area contributed by atoms with E-state index in [1.807, 2.05) is 12.3 Å². The summed E-state index contributed by atoms with van der Waals surface area (Å²) in [4.78, 5) is 4.47. The Bertz CT molecular complexity index is 665. The number of hydrogen-bond acceptors (Lipinski definition) is 2. The van der Waals surface area contributed by atoms with Gasteiger partial charge in [0.15, 0.2) is 0 Å². The first-order valence-corrected chi connectivity index (χ1v) is 6.04. The monoisotopic (exact) mass is 237 g/mol. The molecule has 0 saturated carbocycles. The first-order valence-electron chi connectivity index (χ1n) is 6.04. The maximum Gasteiger partial charge on any atom is 0.0751 e. The van der Waals surface area contributed by atoms with E-state index < -0.39 is 0 Å². The zero-order valence-electron chi connectivity index (χ0n) is 10.1. The predicted molar refractivity (Wildman–Crippen MR) is 73.2 cm³/mol. The summed E-state index contributed by atoms with van der Waals surface area (Å²) in [5, 5.41) is 1.18. The molecule has 1 aromatic carbocycles. The molecular formula is C15H15N3. The first-order chi connectivity index (χ1) is 8.86. The molecule has 0 bridgehead atoms. The summed E-state index contributed by atoms with van der Waals surface area (Å²) in [6.45, 7) is 1.41. The van der Waals surface area contributed by atoms with Crippen molar-refractivity contribution in [1.82, 2.24) is 9.55 Å². The van der Waals surface area contributed by atoms with Crippen LogP contribution >= 0.6 is 0 Å². The van der Waals surface area contributed by atoms with Crippen LogP contribution in [0.15, 0.2) is 55.0 Å². The zero-order chi connectivity index (χ0) is 12.4. The fourth-order valence-corrected chi connectivity index (χ4v) is 2.20. The van der Waals surface area contributed by atoms with Gasteiger partial charge in [-0.25, -0.2) is 0 Å². The van der Waals surface area contributed by atoms with Gasteiger partial charge in [-0.3, -0.25) is 4.98 Å². The van der Waals surface area contributed by atoms with Crippen molar-refractivity contribution in [3.63, 3.8) is 0 Å². The molecule has 2 aromatic heterocycles. The van der Waals surface area contributed by atoms with Crippen LogP contribution in [-0.4, -0.2) is 9.55 Å². The fraction of sp³-hybridized carbons (Fsp3) is 0.133. The van der Waals surface area contributed by atoms with Gasteiger partial charge < -0.3 is 10.3 Å². The molecule has 0 spiro atoms. The third-order valence-electron chi connectivity index (χ3n) is 3.12. The Labute approximate surface area is 106 Å². The van der Waals surface area contributed by atoms with Crippen LogP contribution in [0.3, 0.4) is 0 Å². The van der Waals surface area contributed by atoms with Crippen molar-refractivity contribution < 1.29 is 0 Å². The van der Waals surface area contributed by atoms with E-state index in [1.54, 1.807) is 0 Å². The molecule has 90 valence electrons. The minimum atomic E-state index is 0.584. The maximum absolute atomic E-state index is 5.62. The molecule has 0 atom stereocenters. The fourth-order valence-electron chi connectivity index (χ4n) is 2.20. The van der Waals surface area contributed by atoms with E-state index >= 15 is 0 Å². The van der Waals surface area contributed by atoms with E-state index in [-0.39, 0.29) is 0 Å². The topological polar surface area (TPSA) is 43.8 Å². The van der Waals surface area contributed by atoms with Crippen LogP contribution in [0.5, 0.6) is 0 Å². The van der Waals surface area contributed by atoms with Crippen molar-refractivity contribution in [3.05, 3.63) is 66.1 Å². The van der Waals surface area contributed by atoms with Gasteiger partial charge in [-0.1, -0.05) is 24.3 Å². The lowest BCUT2D eigenvalue weighted by Crippen LogP contribution is -1.99. The van der Waals surface area contributed by atoms with Crippen LogP contribution in [0, 0.1) is 0 Å². The van der Waals surface area contributed by atoms with Gasteiger partial charge in [0.1, 0.15) is 0 Å². The smallest absolute Gasteiger partial charge is 0.0751 e. The van der Waals surface area contributed by atoms with Crippen molar-refractivity contribution >= 4 is 10.9 Å². The van der Waals surface area contributed by atoms with E-state index in [1.165, 1.54) is 10.9 Å². The zero-order valence-corrected chi connectivity index (χ0v) is 10.1. The lowest BCUT2D eigenvalue weighted by Gasteiger charge is -2.06. The number of pyridine rings is 1. The molecule has 0 aliphatic rings. The summed E-state index contributed by atoms with van der Waals surface area (Å²) >= 11 is 0. The van der Waals surface area contributed by atoms with Gasteiger partial charge in [0.2, 0.25) is 0 Å². The molecule has 0 aliphatic heterocycles. The number of para-hydroxylation sites is 1. The molecule has 2 N–H and O–H groups in total. The standard InChI is InChI=1S/C15H15N3/c16-9-12-6-8-18(10-12)11-14-4-1-3-13-5-2-7-17-15(13)14/h1-8,10H,9,11,16H2. The Morgan fingerprint density at radius 2 is 2.00 bits per heavy atom. The molecule has 0 aliphatic carbocycles. The second-order valence-electron chi connectivity index (χ2n) is 4.39. The Balaban J connectivity index is 1.99. The Hall–Kier alpha value is -2.13. The van der Waals surface area contributed by atoms with E-state index in [0.717, 1.165) is 17.6 Å². The van der Waals surface area contributed by atoms with Gasteiger partial charge >= 0.3 is 0 Å². The van der Waals surface area contributed by atoms with E-state index in [2.05, 4.69) is 52.3 Å². The Morgan fingerprint density at radius 3 is 2.83 bits per heavy atom. The molecule has 18 heavy (non-hydrogen) atoms. The lowest BCUT2D eigenvalue weighted by molar-refractivity contribution is 0.805. The molecule has 0 amide bonds. The summed E-state index contributed by atoms with van der Waals surface area (Å²) in [7, 11) is 0. The number of hydrogen-bond donors (Lipinski definition) is 1. The summed E-state index contributed by atoms with van der Waals surface area (Å²) in [5.41, 5.74) is 9.08. The number of fused-ring (bicyclic) bond motifs is 1. The average molecular weight is 237 g/mol. The lowest BCUT2D eigenvalue weighted by atomic mass is 10.1. The third-order valence-corrected chi connectivity index (χ3v) is 3.12. The highest BCUT2D eigenvalue weighted by Crippen LogP contribution is 2.17. The van der Waals surface area contributed by atoms with Crippen LogP contribution in [0.2, 0.25) is 0 Å². The molecule has 3 rings (SSSR count). The van der Waals surface area contributed by atoms with Crippen LogP contribution in [0.1, 0.15) is 11.1 Å². The molecule has 0 fully saturated rings. The Kier molecular flexibility index (Phi) is 2.82. The number of rotatable bonds is 3. The highest BCUT2D eigenvalue weighted by atomic mass is 14.9. The SMILES string of the molecule is NCc1ccn(Cc2cccc3cccnc23)c1. The molecule has 3 nitrogen and oxygen atoms in total. The van der Waals surface area contributed by atoms with Crippen LogP contribution in [0.25, 0.3) is 10.9 Å². The first kappa shape index (κ1) is 11.0. The largest absolute Gasteiger partial charge is 0.349 e. The Morgan fingerprint density at radius 1 is 1.11 bits per heavy atom. The van der Waals surface area contributed by atoms with Gasteiger partial charge in [-0.15, -0.1) is 0 Å². The molecule has 2 heterocycles. The van der Waals surface area contributed by atoms with E-state index in [0.29, 0.717) is 6.54 Å². The van der Waals surface area contributed by atoms with E-state index in [4.69, 9.17) is 5.73 Å². The second-order valence-corrected chi connectivity index (χ2v) is 4.39. The van der Waals surface area contributed by atoms with Gasteiger partial charge in [0.05, 0.1) is 5.52 Å². The molecule has 3 aromatic rings. The number of nitrogens with two attached hydrogens (primary N) is 1. The van der Waals surface area contributed by atoms with Gasteiger partial charge in [0, 0.05) is 37.1 Å². The van der Waals surface area contributed by atoms with Crippen LogP contribution in [0.4, 0.5) is 0 Å². The number of nitrogens with zero attached hydrogens (tertiary/aromatic N) is 2. The highest BCUT2D eigenvalue weighted by Gasteiger charge is 2.02. The molecular weight excluding hydrogens is 222 g/mol. The third kappa shape index (κ3) is 2.00. The summed E-state index contributed by atoms with van der Waals surface area (Å²) in [5.74, 6) is 0. The van der Waals surface area contributed by atoms with Gasteiger partial charge in [-0.05, 0) is 23.3 Å². The summed E-state index contributed by atoms with van der Waals surface area (Å²) in [6, 6.07) is 12.4. The highest BCUT2D eigenvalue weighted by molar-refractivity contribution is 5.81. The molecule has 3 heteroatoms. The van der Waals surface area contributed by atoms with Gasteiger partial charge in [-0.2, -0.15) is 0 Å². The van der Waals surface area contributed by atoms with Crippen LogP contribution in [-0.2, 0) is 13.1 Å². The quantitative estimate of drug-likeness (QED) is 0.760. The summed E-state index contributed by atoms with van der Waals surface area (Å²) in [6.07, 6.45) is 5.98.